The summed E-state index contributed by atoms with van der Waals surface area (Å²) < 4.78 is 10.5. The van der Waals surface area contributed by atoms with E-state index in [0.717, 1.165) is 47.1 Å². The molecule has 0 fully saturated rings. The van der Waals surface area contributed by atoms with E-state index in [1.165, 1.54) is 52.7 Å². The third kappa shape index (κ3) is 6.10. The van der Waals surface area contributed by atoms with Crippen LogP contribution in [0.3, 0.4) is 0 Å². The molecule has 2 atom stereocenters. The number of esters is 2. The maximum Gasteiger partial charge on any atom is 0.356 e. The standard InChI is InChI=1S/C37H43N3O5/c1-4-5-6-7-8-9-10-11-12-15-22-38-32(41)25-26-20-21-28-27-17-13-14-18-29(27)37(30(28)24-26)31-19-16-23-39-40(31)34(36(43)45-3)33(37)35(42)44-2/h4,13-14,16-21,23-24,31H,1,5-12,15,22,25H2,2-3H3,(H,38,41). The Balaban J connectivity index is 1.36. The lowest BCUT2D eigenvalue weighted by Crippen LogP contribution is -2.44. The van der Waals surface area contributed by atoms with Crippen LogP contribution in [0.5, 0.6) is 0 Å². The summed E-state index contributed by atoms with van der Waals surface area (Å²) in [4.78, 5) is 39.9. The van der Waals surface area contributed by atoms with Gasteiger partial charge < -0.3 is 14.8 Å². The van der Waals surface area contributed by atoms with Crippen molar-refractivity contribution in [3.05, 3.63) is 95.2 Å². The number of allylic oxidation sites excluding steroid dienone is 2. The number of fused-ring (bicyclic) bond motifs is 7. The van der Waals surface area contributed by atoms with E-state index < -0.39 is 23.4 Å². The molecule has 0 saturated carbocycles. The summed E-state index contributed by atoms with van der Waals surface area (Å²) in [5, 5.41) is 9.16. The van der Waals surface area contributed by atoms with Crippen LogP contribution in [0, 0.1) is 0 Å². The van der Waals surface area contributed by atoms with E-state index in [9.17, 15) is 14.4 Å². The minimum Gasteiger partial charge on any atom is -0.466 e. The Morgan fingerprint density at radius 3 is 2.33 bits per heavy atom. The van der Waals surface area contributed by atoms with Gasteiger partial charge in [-0.05, 0) is 53.2 Å². The second kappa shape index (κ2) is 14.5. The van der Waals surface area contributed by atoms with E-state index in [1.807, 2.05) is 60.7 Å². The van der Waals surface area contributed by atoms with Gasteiger partial charge in [0.25, 0.3) is 0 Å². The summed E-state index contributed by atoms with van der Waals surface area (Å²) in [6.45, 7) is 4.42. The zero-order valence-corrected chi connectivity index (χ0v) is 26.3. The van der Waals surface area contributed by atoms with Crippen molar-refractivity contribution >= 4 is 24.1 Å². The van der Waals surface area contributed by atoms with Gasteiger partial charge in [-0.25, -0.2) is 14.6 Å². The zero-order chi connectivity index (χ0) is 31.8. The molecule has 0 aromatic heterocycles. The quantitative estimate of drug-likeness (QED) is 0.148. The van der Waals surface area contributed by atoms with Gasteiger partial charge in [-0.2, -0.15) is 5.10 Å². The maximum atomic E-state index is 13.7. The molecule has 1 spiro atoms. The summed E-state index contributed by atoms with van der Waals surface area (Å²) in [7, 11) is 2.59. The molecule has 2 unspecified atom stereocenters. The van der Waals surface area contributed by atoms with Crippen LogP contribution in [0.4, 0.5) is 0 Å². The Morgan fingerprint density at radius 1 is 0.911 bits per heavy atom. The van der Waals surface area contributed by atoms with Crippen LogP contribution in [0.2, 0.25) is 0 Å². The van der Waals surface area contributed by atoms with Crippen molar-refractivity contribution in [2.45, 2.75) is 75.7 Å². The molecule has 3 aliphatic rings. The highest BCUT2D eigenvalue weighted by molar-refractivity contribution is 6.07. The molecule has 1 aliphatic carbocycles. The minimum absolute atomic E-state index is 0.0454. The molecule has 5 rings (SSSR count). The Bertz CT molecular complexity index is 1540. The number of methoxy groups -OCH3 is 2. The number of nitrogens with zero attached hydrogens (tertiary/aromatic N) is 2. The number of amides is 1. The highest BCUT2D eigenvalue weighted by Crippen LogP contribution is 2.60. The molecule has 2 heterocycles. The van der Waals surface area contributed by atoms with Crippen LogP contribution >= 0.6 is 0 Å². The number of hydrazone groups is 1. The summed E-state index contributed by atoms with van der Waals surface area (Å²) >= 11 is 0. The van der Waals surface area contributed by atoms with Crippen molar-refractivity contribution < 1.29 is 23.9 Å². The predicted octanol–water partition coefficient (Wildman–Crippen LogP) is 6.15. The van der Waals surface area contributed by atoms with E-state index >= 15 is 0 Å². The fraction of sp³-hybridized carbons (Fsp3) is 0.405. The van der Waals surface area contributed by atoms with Crippen molar-refractivity contribution in [3.8, 4) is 11.1 Å². The smallest absolute Gasteiger partial charge is 0.356 e. The maximum absolute atomic E-state index is 13.7. The third-order valence-corrected chi connectivity index (χ3v) is 9.08. The fourth-order valence-electron chi connectivity index (χ4n) is 7.05. The fourth-order valence-corrected chi connectivity index (χ4v) is 7.05. The molecular formula is C37H43N3O5. The van der Waals surface area contributed by atoms with Crippen molar-refractivity contribution in [3.63, 3.8) is 0 Å². The van der Waals surface area contributed by atoms with E-state index in [4.69, 9.17) is 9.47 Å². The topological polar surface area (TPSA) is 97.3 Å². The highest BCUT2D eigenvalue weighted by atomic mass is 16.5. The molecule has 2 aromatic rings. The normalized spacial score (nSPS) is 18.9. The number of carbonyl (C=O) groups is 3. The summed E-state index contributed by atoms with van der Waals surface area (Å²) in [5.41, 5.74) is 3.53. The molecule has 1 amide bonds. The van der Waals surface area contributed by atoms with Crippen molar-refractivity contribution in [1.82, 2.24) is 10.3 Å². The Morgan fingerprint density at radius 2 is 1.60 bits per heavy atom. The third-order valence-electron chi connectivity index (χ3n) is 9.08. The van der Waals surface area contributed by atoms with Gasteiger partial charge in [-0.1, -0.05) is 93.1 Å². The van der Waals surface area contributed by atoms with Crippen molar-refractivity contribution in [2.75, 3.05) is 20.8 Å². The van der Waals surface area contributed by atoms with Crippen LogP contribution in [0.15, 0.2) is 83.6 Å². The lowest BCUT2D eigenvalue weighted by atomic mass is 9.68. The average molecular weight is 610 g/mol. The summed E-state index contributed by atoms with van der Waals surface area (Å²) in [6.07, 6.45) is 18.2. The number of hydrogen-bond acceptors (Lipinski definition) is 7. The minimum atomic E-state index is -1.10. The average Bonchev–Trinajstić information content (AvgIpc) is 3.53. The van der Waals surface area contributed by atoms with Gasteiger partial charge >= 0.3 is 11.9 Å². The number of unbranched alkanes of at least 4 members (excludes halogenated alkanes) is 8. The first-order valence-electron chi connectivity index (χ1n) is 16.0. The second-order valence-corrected chi connectivity index (χ2v) is 11.8. The molecule has 45 heavy (non-hydrogen) atoms. The monoisotopic (exact) mass is 609 g/mol. The molecule has 0 radical (unpaired) electrons. The molecule has 1 N–H and O–H groups in total. The number of benzene rings is 2. The van der Waals surface area contributed by atoms with Gasteiger partial charge in [0.2, 0.25) is 5.91 Å². The number of rotatable bonds is 15. The molecule has 0 saturated heterocycles. The van der Waals surface area contributed by atoms with Gasteiger partial charge in [-0.15, -0.1) is 6.58 Å². The molecule has 8 nitrogen and oxygen atoms in total. The van der Waals surface area contributed by atoms with Gasteiger partial charge in [0.15, 0.2) is 5.70 Å². The molecule has 2 aliphatic heterocycles. The van der Waals surface area contributed by atoms with Crippen LogP contribution in [-0.2, 0) is 35.7 Å². The number of ether oxygens (including phenoxy) is 2. The van der Waals surface area contributed by atoms with Crippen LogP contribution in [-0.4, -0.2) is 55.9 Å². The molecule has 2 aromatic carbocycles. The second-order valence-electron chi connectivity index (χ2n) is 11.8. The van der Waals surface area contributed by atoms with E-state index in [2.05, 4.69) is 17.0 Å². The van der Waals surface area contributed by atoms with E-state index in [1.54, 1.807) is 11.2 Å². The largest absolute Gasteiger partial charge is 0.466 e. The first-order valence-corrected chi connectivity index (χ1v) is 16.0. The van der Waals surface area contributed by atoms with Gasteiger partial charge in [0, 0.05) is 12.8 Å². The van der Waals surface area contributed by atoms with Crippen LogP contribution in [0.25, 0.3) is 11.1 Å². The van der Waals surface area contributed by atoms with Gasteiger partial charge in [-0.3, -0.25) is 4.79 Å². The molecule has 8 heteroatoms. The SMILES string of the molecule is C=CCCCCCCCCCCNC(=O)Cc1ccc2c(c1)C1(C(C(=O)OC)=C(C(=O)OC)N3N=CC=CC31)c1ccccc1-2. The molecule has 0 bridgehead atoms. The van der Waals surface area contributed by atoms with E-state index in [0.29, 0.717) is 6.54 Å². The van der Waals surface area contributed by atoms with Gasteiger partial charge in [0.05, 0.1) is 37.7 Å². The Kier molecular flexibility index (Phi) is 10.3. The van der Waals surface area contributed by atoms with E-state index in [-0.39, 0.29) is 23.6 Å². The van der Waals surface area contributed by atoms with Gasteiger partial charge in [0.1, 0.15) is 0 Å². The Labute approximate surface area is 265 Å². The number of nitrogens with one attached hydrogen (secondary N) is 1. The summed E-state index contributed by atoms with van der Waals surface area (Å²) in [6, 6.07) is 13.3. The highest BCUT2D eigenvalue weighted by Gasteiger charge is 2.62. The van der Waals surface area contributed by atoms with Crippen LogP contribution < -0.4 is 5.32 Å². The lowest BCUT2D eigenvalue weighted by molar-refractivity contribution is -0.140. The first kappa shape index (κ1) is 31.9. The molecule has 236 valence electrons. The zero-order valence-electron chi connectivity index (χ0n) is 26.3. The number of hydrogen-bond donors (Lipinski definition) is 1. The van der Waals surface area contributed by atoms with Crippen molar-refractivity contribution in [1.29, 1.82) is 0 Å². The first-order chi connectivity index (χ1) is 22.0. The molecular weight excluding hydrogens is 566 g/mol. The number of carbonyl (C=O) groups excluding carboxylic acids is 3. The Hall–Kier alpha value is -4.46. The van der Waals surface area contributed by atoms with Crippen LogP contribution in [0.1, 0.15) is 74.5 Å². The van der Waals surface area contributed by atoms with Crippen molar-refractivity contribution in [2.24, 2.45) is 5.10 Å². The summed E-state index contributed by atoms with van der Waals surface area (Å²) in [5.74, 6) is -1.35. The predicted molar refractivity (Wildman–Crippen MR) is 175 cm³/mol. The lowest BCUT2D eigenvalue weighted by Gasteiger charge is -2.36.